The Morgan fingerprint density at radius 3 is 2.12 bits per heavy atom. The van der Waals surface area contributed by atoms with E-state index < -0.39 is 0 Å². The molecule has 0 amide bonds. The number of allylic oxidation sites excluding steroid dienone is 2. The van der Waals surface area contributed by atoms with E-state index >= 15 is 0 Å². The van der Waals surface area contributed by atoms with Gasteiger partial charge in [0.15, 0.2) is 5.78 Å². The lowest BCUT2D eigenvalue weighted by Gasteiger charge is -2.20. The minimum atomic E-state index is -0.00489. The lowest BCUT2D eigenvalue weighted by atomic mass is 10.1. The van der Waals surface area contributed by atoms with Crippen LogP contribution in [-0.4, -0.2) is 18.9 Å². The minimum absolute atomic E-state index is 0.00489. The van der Waals surface area contributed by atoms with Gasteiger partial charge in [0.2, 0.25) is 0 Å². The molecule has 0 fully saturated rings. The standard InChI is InChI=1S/C23H27NO/c1-4-19-8-7-9-21(18-19)13-17-23(25)16-12-20-10-14-22(15-11-20)24(5-2)6-3/h7-18H,4-6H2,1-3H3. The van der Waals surface area contributed by atoms with Crippen molar-refractivity contribution >= 4 is 23.6 Å². The monoisotopic (exact) mass is 333 g/mol. The van der Waals surface area contributed by atoms with Gasteiger partial charge in [-0.25, -0.2) is 0 Å². The summed E-state index contributed by atoms with van der Waals surface area (Å²) in [6.07, 6.45) is 7.97. The highest BCUT2D eigenvalue weighted by molar-refractivity contribution is 6.04. The maximum Gasteiger partial charge on any atom is 0.178 e. The fourth-order valence-corrected chi connectivity index (χ4v) is 2.71. The first-order valence-corrected chi connectivity index (χ1v) is 9.00. The Labute approximate surface area is 151 Å². The summed E-state index contributed by atoms with van der Waals surface area (Å²) in [6.45, 7) is 8.42. The van der Waals surface area contributed by atoms with Crippen molar-refractivity contribution < 1.29 is 4.79 Å². The third-order valence-electron chi connectivity index (χ3n) is 4.26. The molecule has 0 saturated heterocycles. The molecule has 0 spiro atoms. The van der Waals surface area contributed by atoms with Crippen molar-refractivity contribution in [3.05, 3.63) is 77.4 Å². The maximum absolute atomic E-state index is 12.0. The number of carbonyl (C=O) groups is 1. The van der Waals surface area contributed by atoms with E-state index in [4.69, 9.17) is 0 Å². The van der Waals surface area contributed by atoms with Gasteiger partial charge in [-0.2, -0.15) is 0 Å². The average molecular weight is 333 g/mol. The summed E-state index contributed by atoms with van der Waals surface area (Å²) in [5, 5.41) is 0. The first-order chi connectivity index (χ1) is 12.2. The summed E-state index contributed by atoms with van der Waals surface area (Å²) in [7, 11) is 0. The SMILES string of the molecule is CCc1cccc(C=CC(=O)C=Cc2ccc(N(CC)CC)cc2)c1. The van der Waals surface area contributed by atoms with Gasteiger partial charge < -0.3 is 4.90 Å². The third-order valence-corrected chi connectivity index (χ3v) is 4.26. The first-order valence-electron chi connectivity index (χ1n) is 9.00. The Morgan fingerprint density at radius 2 is 1.52 bits per heavy atom. The van der Waals surface area contributed by atoms with Crippen LogP contribution in [0, 0.1) is 0 Å². The van der Waals surface area contributed by atoms with Crippen molar-refractivity contribution in [2.24, 2.45) is 0 Å². The molecule has 0 aliphatic rings. The van der Waals surface area contributed by atoms with Gasteiger partial charge in [0.05, 0.1) is 0 Å². The van der Waals surface area contributed by atoms with Gasteiger partial charge in [0.25, 0.3) is 0 Å². The van der Waals surface area contributed by atoms with Crippen molar-refractivity contribution in [3.8, 4) is 0 Å². The molecule has 2 nitrogen and oxygen atoms in total. The molecule has 2 rings (SSSR count). The molecule has 0 bridgehead atoms. The molecule has 0 atom stereocenters. The summed E-state index contributed by atoms with van der Waals surface area (Å²) in [6, 6.07) is 16.5. The highest BCUT2D eigenvalue weighted by atomic mass is 16.1. The average Bonchev–Trinajstić information content (AvgIpc) is 2.67. The minimum Gasteiger partial charge on any atom is -0.372 e. The molecule has 2 aromatic carbocycles. The van der Waals surface area contributed by atoms with E-state index in [0.717, 1.165) is 30.6 Å². The molecule has 0 unspecified atom stereocenters. The Balaban J connectivity index is 1.98. The summed E-state index contributed by atoms with van der Waals surface area (Å²) >= 11 is 0. The number of hydrogen-bond donors (Lipinski definition) is 0. The molecule has 0 N–H and O–H groups in total. The van der Waals surface area contributed by atoms with E-state index in [-0.39, 0.29) is 5.78 Å². The van der Waals surface area contributed by atoms with E-state index in [1.165, 1.54) is 11.3 Å². The fraction of sp³-hybridized carbons (Fsp3) is 0.261. The van der Waals surface area contributed by atoms with Gasteiger partial charge in [-0.15, -0.1) is 0 Å². The third kappa shape index (κ3) is 5.75. The van der Waals surface area contributed by atoms with E-state index in [0.29, 0.717) is 0 Å². The van der Waals surface area contributed by atoms with Crippen molar-refractivity contribution in [1.82, 2.24) is 0 Å². The zero-order valence-electron chi connectivity index (χ0n) is 15.4. The van der Waals surface area contributed by atoms with Crippen LogP contribution in [0.15, 0.2) is 60.7 Å². The van der Waals surface area contributed by atoms with Crippen LogP contribution in [0.1, 0.15) is 37.5 Å². The predicted octanol–water partition coefficient (Wildman–Crippen LogP) is 5.39. The molecule has 0 aromatic heterocycles. The lowest BCUT2D eigenvalue weighted by Crippen LogP contribution is -2.21. The van der Waals surface area contributed by atoms with Crippen molar-refractivity contribution in [2.45, 2.75) is 27.2 Å². The number of rotatable bonds is 8. The molecule has 0 radical (unpaired) electrons. The van der Waals surface area contributed by atoms with Crippen molar-refractivity contribution in [1.29, 1.82) is 0 Å². The Kier molecular flexibility index (Phi) is 7.21. The van der Waals surface area contributed by atoms with Crippen LogP contribution < -0.4 is 4.90 Å². The number of anilines is 1. The van der Waals surface area contributed by atoms with Crippen LogP contribution in [0.4, 0.5) is 5.69 Å². The van der Waals surface area contributed by atoms with Crippen LogP contribution in [0.3, 0.4) is 0 Å². The lowest BCUT2D eigenvalue weighted by molar-refractivity contribution is -0.110. The van der Waals surface area contributed by atoms with Crippen molar-refractivity contribution in [2.75, 3.05) is 18.0 Å². The van der Waals surface area contributed by atoms with Gasteiger partial charge in [-0.1, -0.05) is 55.5 Å². The summed E-state index contributed by atoms with van der Waals surface area (Å²) in [5.41, 5.74) is 4.58. The highest BCUT2D eigenvalue weighted by Crippen LogP contribution is 2.15. The molecular formula is C23H27NO. The summed E-state index contributed by atoms with van der Waals surface area (Å²) in [5.74, 6) is -0.00489. The van der Waals surface area contributed by atoms with Gasteiger partial charge in [0, 0.05) is 18.8 Å². The molecule has 0 saturated carbocycles. The second-order valence-corrected chi connectivity index (χ2v) is 5.93. The maximum atomic E-state index is 12.0. The Hall–Kier alpha value is -2.61. The largest absolute Gasteiger partial charge is 0.372 e. The van der Waals surface area contributed by atoms with E-state index in [1.54, 1.807) is 12.2 Å². The smallest absolute Gasteiger partial charge is 0.178 e. The topological polar surface area (TPSA) is 20.3 Å². The quantitative estimate of drug-likeness (QED) is 0.604. The summed E-state index contributed by atoms with van der Waals surface area (Å²) in [4.78, 5) is 14.3. The van der Waals surface area contributed by atoms with Gasteiger partial charge in [-0.3, -0.25) is 4.79 Å². The number of carbonyl (C=O) groups excluding carboxylic acids is 1. The van der Waals surface area contributed by atoms with Crippen molar-refractivity contribution in [3.63, 3.8) is 0 Å². The molecule has 0 heterocycles. The van der Waals surface area contributed by atoms with E-state index in [1.807, 2.05) is 36.4 Å². The molecular weight excluding hydrogens is 306 g/mol. The Bertz CT molecular complexity index is 737. The number of benzene rings is 2. The molecule has 0 aliphatic carbocycles. The Morgan fingerprint density at radius 1 is 0.880 bits per heavy atom. The first kappa shape index (κ1) is 18.7. The van der Waals surface area contributed by atoms with Gasteiger partial charge in [-0.05, 0) is 61.2 Å². The normalized spacial score (nSPS) is 11.3. The van der Waals surface area contributed by atoms with Crippen LogP contribution in [0.2, 0.25) is 0 Å². The van der Waals surface area contributed by atoms with Crippen LogP contribution in [-0.2, 0) is 11.2 Å². The number of nitrogens with zero attached hydrogens (tertiary/aromatic N) is 1. The van der Waals surface area contributed by atoms with Gasteiger partial charge >= 0.3 is 0 Å². The number of ketones is 1. The predicted molar refractivity (Wildman–Crippen MR) is 109 cm³/mol. The van der Waals surface area contributed by atoms with Gasteiger partial charge in [0.1, 0.15) is 0 Å². The second-order valence-electron chi connectivity index (χ2n) is 5.93. The highest BCUT2D eigenvalue weighted by Gasteiger charge is 2.00. The van der Waals surface area contributed by atoms with E-state index in [2.05, 4.69) is 49.9 Å². The van der Waals surface area contributed by atoms with Crippen LogP contribution >= 0.6 is 0 Å². The molecule has 25 heavy (non-hydrogen) atoms. The summed E-state index contributed by atoms with van der Waals surface area (Å²) < 4.78 is 0. The molecule has 2 heteroatoms. The second kappa shape index (κ2) is 9.63. The molecule has 2 aromatic rings. The van der Waals surface area contributed by atoms with E-state index in [9.17, 15) is 4.79 Å². The number of aryl methyl sites for hydroxylation is 1. The molecule has 0 aliphatic heterocycles. The fourth-order valence-electron chi connectivity index (χ4n) is 2.71. The van der Waals surface area contributed by atoms with Crippen LogP contribution in [0.5, 0.6) is 0 Å². The zero-order chi connectivity index (χ0) is 18.1. The van der Waals surface area contributed by atoms with Crippen LogP contribution in [0.25, 0.3) is 12.2 Å². The zero-order valence-corrected chi connectivity index (χ0v) is 15.4. The molecule has 130 valence electrons. The number of hydrogen-bond acceptors (Lipinski definition) is 2.